The van der Waals surface area contributed by atoms with Crippen molar-refractivity contribution in [1.29, 1.82) is 0 Å². The van der Waals surface area contributed by atoms with E-state index in [0.717, 1.165) is 0 Å². The average Bonchev–Trinajstić information content (AvgIpc) is 2.29. The van der Waals surface area contributed by atoms with E-state index in [2.05, 4.69) is 4.98 Å². The Morgan fingerprint density at radius 2 is 1.82 bits per heavy atom. The van der Waals surface area contributed by atoms with Gasteiger partial charge in [-0.2, -0.15) is 0 Å². The van der Waals surface area contributed by atoms with Crippen molar-refractivity contribution in [2.45, 2.75) is 0 Å². The summed E-state index contributed by atoms with van der Waals surface area (Å²) in [7, 11) is 0. The average molecular weight is 252 g/mol. The van der Waals surface area contributed by atoms with Crippen molar-refractivity contribution in [1.82, 2.24) is 4.98 Å². The highest BCUT2D eigenvalue weighted by molar-refractivity contribution is 6.68. The van der Waals surface area contributed by atoms with Crippen molar-refractivity contribution < 1.29 is 9.18 Å². The third kappa shape index (κ3) is 2.26. The smallest absolute Gasteiger partial charge is 0.260 e. The van der Waals surface area contributed by atoms with Gasteiger partial charge in [0.15, 0.2) is 0 Å². The van der Waals surface area contributed by atoms with Crippen LogP contribution in [0.15, 0.2) is 41.3 Å². The highest BCUT2D eigenvalue weighted by Gasteiger charge is 2.14. The molecule has 0 aliphatic carbocycles. The van der Waals surface area contributed by atoms with Crippen molar-refractivity contribution in [2.24, 2.45) is 0 Å². The molecule has 86 valence electrons. The quantitative estimate of drug-likeness (QED) is 0.834. The molecule has 1 heterocycles. The molecule has 5 heteroatoms. The normalized spacial score (nSPS) is 10.2. The largest absolute Gasteiger partial charge is 0.328 e. The molecule has 0 aliphatic rings. The molecule has 1 N–H and O–H groups in total. The summed E-state index contributed by atoms with van der Waals surface area (Å²) in [6, 6.07) is 7.00. The molecule has 0 bridgehead atoms. The van der Waals surface area contributed by atoms with Gasteiger partial charge in [-0.15, -0.1) is 0 Å². The third-order valence-electron chi connectivity index (χ3n) is 2.31. The van der Waals surface area contributed by atoms with E-state index in [-0.39, 0.29) is 5.56 Å². The van der Waals surface area contributed by atoms with E-state index in [9.17, 15) is 14.0 Å². The van der Waals surface area contributed by atoms with Crippen molar-refractivity contribution in [3.05, 3.63) is 58.3 Å². The van der Waals surface area contributed by atoms with Crippen LogP contribution in [-0.2, 0) is 0 Å². The Morgan fingerprint density at radius 3 is 2.41 bits per heavy atom. The van der Waals surface area contributed by atoms with Crippen LogP contribution in [0.5, 0.6) is 0 Å². The van der Waals surface area contributed by atoms with Crippen LogP contribution >= 0.6 is 11.6 Å². The summed E-state index contributed by atoms with van der Waals surface area (Å²) < 4.78 is 12.8. The zero-order chi connectivity index (χ0) is 12.4. The number of benzene rings is 1. The van der Waals surface area contributed by atoms with Crippen molar-refractivity contribution in [3.63, 3.8) is 0 Å². The summed E-state index contributed by atoms with van der Waals surface area (Å²) in [5.41, 5.74) is 0.239. The van der Waals surface area contributed by atoms with Crippen LogP contribution in [0.1, 0.15) is 10.4 Å². The second-order valence-corrected chi connectivity index (χ2v) is 3.72. The molecule has 2 rings (SSSR count). The number of hydrogen-bond donors (Lipinski definition) is 1. The number of pyridine rings is 1. The molecule has 3 nitrogen and oxygen atoms in total. The van der Waals surface area contributed by atoms with Gasteiger partial charge in [-0.3, -0.25) is 9.59 Å². The number of nitrogens with one attached hydrogen (secondary N) is 1. The van der Waals surface area contributed by atoms with E-state index in [4.69, 9.17) is 11.6 Å². The summed E-state index contributed by atoms with van der Waals surface area (Å²) in [6.07, 6.45) is 1.41. The number of hydrogen-bond acceptors (Lipinski definition) is 2. The van der Waals surface area contributed by atoms with Crippen molar-refractivity contribution >= 4 is 16.8 Å². The second kappa shape index (κ2) is 4.51. The Hall–Kier alpha value is -1.94. The Balaban J connectivity index is 2.67. The maximum Gasteiger partial charge on any atom is 0.260 e. The molecule has 0 saturated heterocycles. The highest BCUT2D eigenvalue weighted by Crippen LogP contribution is 2.22. The number of rotatable bonds is 2. The molecule has 0 radical (unpaired) electrons. The summed E-state index contributed by atoms with van der Waals surface area (Å²) in [6.45, 7) is 0. The molecular formula is C12H7ClFNO2. The zero-order valence-electron chi connectivity index (χ0n) is 8.54. The number of carbonyl (C=O) groups is 1. The minimum Gasteiger partial charge on any atom is -0.328 e. The first-order valence-electron chi connectivity index (χ1n) is 4.77. The summed E-state index contributed by atoms with van der Waals surface area (Å²) >= 11 is 5.36. The predicted octanol–water partition coefficient (Wildman–Crippen LogP) is 2.56. The van der Waals surface area contributed by atoms with Gasteiger partial charge in [0.2, 0.25) is 0 Å². The number of halogens is 2. The van der Waals surface area contributed by atoms with Crippen LogP contribution in [0, 0.1) is 5.82 Å². The van der Waals surface area contributed by atoms with Gasteiger partial charge in [-0.25, -0.2) is 4.39 Å². The first-order chi connectivity index (χ1) is 8.09. The Bertz CT molecular complexity index is 619. The van der Waals surface area contributed by atoms with Crippen LogP contribution < -0.4 is 5.56 Å². The lowest BCUT2D eigenvalue weighted by Gasteiger charge is -2.04. The van der Waals surface area contributed by atoms with Crippen LogP contribution in [0.3, 0.4) is 0 Å². The Labute approximate surface area is 101 Å². The van der Waals surface area contributed by atoms with Gasteiger partial charge in [0.05, 0.1) is 0 Å². The van der Waals surface area contributed by atoms with E-state index in [1.807, 2.05) is 0 Å². The Kier molecular flexibility index (Phi) is 3.06. The minimum atomic E-state index is -0.842. The standard InChI is InChI=1S/C12H7ClFNO2/c13-11(16)10-9(5-6-15-12(10)17)7-1-3-8(14)4-2-7/h1-6H,(H,15,17). The number of H-pyrrole nitrogens is 1. The lowest BCUT2D eigenvalue weighted by molar-refractivity contribution is 0.108. The highest BCUT2D eigenvalue weighted by atomic mass is 35.5. The van der Waals surface area contributed by atoms with Gasteiger partial charge in [0.1, 0.15) is 11.4 Å². The van der Waals surface area contributed by atoms with E-state index < -0.39 is 16.6 Å². The van der Waals surface area contributed by atoms with Crippen LogP contribution in [0.2, 0.25) is 0 Å². The van der Waals surface area contributed by atoms with Crippen molar-refractivity contribution in [2.75, 3.05) is 0 Å². The van der Waals surface area contributed by atoms with Gasteiger partial charge < -0.3 is 4.98 Å². The maximum atomic E-state index is 12.8. The van der Waals surface area contributed by atoms with Gasteiger partial charge in [-0.05, 0) is 35.4 Å². The molecule has 0 fully saturated rings. The first kappa shape index (κ1) is 11.5. The molecule has 2 aromatic rings. The fourth-order valence-electron chi connectivity index (χ4n) is 1.54. The lowest BCUT2D eigenvalue weighted by atomic mass is 10.0. The molecule has 0 amide bonds. The van der Waals surface area contributed by atoms with Gasteiger partial charge in [0, 0.05) is 11.8 Å². The number of aromatic amines is 1. The fraction of sp³-hybridized carbons (Fsp3) is 0. The molecule has 0 saturated carbocycles. The van der Waals surface area contributed by atoms with Gasteiger partial charge in [0.25, 0.3) is 10.8 Å². The number of aromatic nitrogens is 1. The second-order valence-electron chi connectivity index (χ2n) is 3.38. The summed E-state index contributed by atoms with van der Waals surface area (Å²) in [5, 5.41) is -0.842. The molecule has 0 spiro atoms. The van der Waals surface area contributed by atoms with E-state index in [1.54, 1.807) is 6.07 Å². The Morgan fingerprint density at radius 1 is 1.18 bits per heavy atom. The molecule has 0 aliphatic heterocycles. The predicted molar refractivity (Wildman–Crippen MR) is 62.6 cm³/mol. The minimum absolute atomic E-state index is 0.138. The van der Waals surface area contributed by atoms with Crippen LogP contribution in [0.4, 0.5) is 4.39 Å². The monoisotopic (exact) mass is 251 g/mol. The molecule has 0 unspecified atom stereocenters. The maximum absolute atomic E-state index is 12.8. The van der Waals surface area contributed by atoms with Crippen molar-refractivity contribution in [3.8, 4) is 11.1 Å². The van der Waals surface area contributed by atoms with E-state index in [1.165, 1.54) is 30.5 Å². The SMILES string of the molecule is O=C(Cl)c1c(-c2ccc(F)cc2)cc[nH]c1=O. The van der Waals surface area contributed by atoms with Crippen LogP contribution in [-0.4, -0.2) is 10.2 Å². The summed E-state index contributed by atoms with van der Waals surface area (Å²) in [5.74, 6) is -0.391. The molecule has 0 atom stereocenters. The molecular weight excluding hydrogens is 245 g/mol. The van der Waals surface area contributed by atoms with Gasteiger partial charge >= 0.3 is 0 Å². The van der Waals surface area contributed by atoms with E-state index >= 15 is 0 Å². The molecule has 17 heavy (non-hydrogen) atoms. The molecule has 1 aromatic carbocycles. The van der Waals surface area contributed by atoms with Crippen LogP contribution in [0.25, 0.3) is 11.1 Å². The first-order valence-corrected chi connectivity index (χ1v) is 5.15. The summed E-state index contributed by atoms with van der Waals surface area (Å²) in [4.78, 5) is 25.1. The lowest BCUT2D eigenvalue weighted by Crippen LogP contribution is -2.15. The fourth-order valence-corrected chi connectivity index (χ4v) is 1.73. The number of carbonyl (C=O) groups excluding carboxylic acids is 1. The third-order valence-corrected chi connectivity index (χ3v) is 2.50. The van der Waals surface area contributed by atoms with E-state index in [0.29, 0.717) is 11.1 Å². The van der Waals surface area contributed by atoms with Gasteiger partial charge in [-0.1, -0.05) is 12.1 Å². The topological polar surface area (TPSA) is 49.9 Å². The zero-order valence-corrected chi connectivity index (χ0v) is 9.29. The molecule has 1 aromatic heterocycles.